The number of nitrogens with zero attached hydrogens (tertiary/aromatic N) is 1. The molecule has 1 saturated heterocycles. The summed E-state index contributed by atoms with van der Waals surface area (Å²) in [5, 5.41) is 5.77. The van der Waals surface area contributed by atoms with Crippen molar-refractivity contribution in [1.29, 1.82) is 0 Å². The number of benzene rings is 2. The van der Waals surface area contributed by atoms with Gasteiger partial charge in [0, 0.05) is 31.6 Å². The molecule has 3 amide bonds. The normalized spacial score (nSPS) is 17.2. The Balaban J connectivity index is 1.66. The minimum absolute atomic E-state index is 0.0437. The van der Waals surface area contributed by atoms with Crippen LogP contribution in [0.15, 0.2) is 48.5 Å². The largest absolute Gasteiger partial charge is 0.494 e. The van der Waals surface area contributed by atoms with Gasteiger partial charge in [0.1, 0.15) is 5.75 Å². The Kier molecular flexibility index (Phi) is 7.33. The van der Waals surface area contributed by atoms with Crippen LogP contribution in [-0.4, -0.2) is 43.6 Å². The second kappa shape index (κ2) is 10.1. The Morgan fingerprint density at radius 3 is 2.67 bits per heavy atom. The molecule has 1 aliphatic heterocycles. The fourth-order valence-electron chi connectivity index (χ4n) is 3.91. The van der Waals surface area contributed by atoms with Gasteiger partial charge in [0.15, 0.2) is 0 Å². The van der Waals surface area contributed by atoms with Crippen molar-refractivity contribution in [2.24, 2.45) is 0 Å². The third kappa shape index (κ3) is 5.32. The van der Waals surface area contributed by atoms with Crippen LogP contribution < -0.4 is 15.4 Å². The number of nitrogens with one attached hydrogen (secondary N) is 2. The Hall–Kier alpha value is -3.02. The molecule has 2 aromatic rings. The summed E-state index contributed by atoms with van der Waals surface area (Å²) in [7, 11) is 1.66. The Morgan fingerprint density at radius 1 is 1.20 bits per heavy atom. The predicted octanol–water partition coefficient (Wildman–Crippen LogP) is 4.10. The molecule has 1 heterocycles. The van der Waals surface area contributed by atoms with E-state index in [0.717, 1.165) is 36.3 Å². The lowest BCUT2D eigenvalue weighted by atomic mass is 9.89. The van der Waals surface area contributed by atoms with E-state index in [-0.39, 0.29) is 23.9 Å². The molecule has 3 rings (SSSR count). The van der Waals surface area contributed by atoms with Gasteiger partial charge in [-0.2, -0.15) is 0 Å². The van der Waals surface area contributed by atoms with E-state index < -0.39 is 0 Å². The van der Waals surface area contributed by atoms with E-state index in [2.05, 4.69) is 10.6 Å². The molecule has 2 aromatic carbocycles. The van der Waals surface area contributed by atoms with Crippen LogP contribution in [0.25, 0.3) is 0 Å². The van der Waals surface area contributed by atoms with Crippen molar-refractivity contribution in [2.75, 3.05) is 26.7 Å². The van der Waals surface area contributed by atoms with Gasteiger partial charge in [-0.3, -0.25) is 4.79 Å². The van der Waals surface area contributed by atoms with Crippen molar-refractivity contribution < 1.29 is 14.3 Å². The number of carbonyl (C=O) groups is 2. The smallest absolute Gasteiger partial charge is 0.317 e. The monoisotopic (exact) mass is 409 g/mol. The number of rotatable bonds is 6. The SMILES string of the molecule is CCOc1ccc([C@H](C)NC(=O)c2cccc([C@@H]3CCCN(C(=O)NC)C3)c2)cc1. The van der Waals surface area contributed by atoms with E-state index >= 15 is 0 Å². The summed E-state index contributed by atoms with van der Waals surface area (Å²) in [6.45, 7) is 6.00. The van der Waals surface area contributed by atoms with Crippen LogP contribution in [0.3, 0.4) is 0 Å². The van der Waals surface area contributed by atoms with E-state index in [1.54, 1.807) is 7.05 Å². The quantitative estimate of drug-likeness (QED) is 0.755. The second-order valence-corrected chi connectivity index (χ2v) is 7.66. The number of hydrogen-bond donors (Lipinski definition) is 2. The number of likely N-dealkylation sites (tertiary alicyclic amines) is 1. The van der Waals surface area contributed by atoms with Gasteiger partial charge in [0.25, 0.3) is 5.91 Å². The highest BCUT2D eigenvalue weighted by Crippen LogP contribution is 2.27. The van der Waals surface area contributed by atoms with E-state index in [4.69, 9.17) is 4.74 Å². The first-order valence-electron chi connectivity index (χ1n) is 10.6. The van der Waals surface area contributed by atoms with Crippen LogP contribution in [0.4, 0.5) is 4.79 Å². The summed E-state index contributed by atoms with van der Waals surface area (Å²) in [5.74, 6) is 0.968. The molecule has 1 aliphatic rings. The molecule has 0 radical (unpaired) electrons. The Morgan fingerprint density at radius 2 is 1.97 bits per heavy atom. The molecule has 0 spiro atoms. The molecule has 0 aliphatic carbocycles. The molecule has 0 unspecified atom stereocenters. The van der Waals surface area contributed by atoms with Crippen molar-refractivity contribution in [3.8, 4) is 5.75 Å². The molecule has 0 bridgehead atoms. The van der Waals surface area contributed by atoms with Crippen molar-refractivity contribution in [1.82, 2.24) is 15.5 Å². The highest BCUT2D eigenvalue weighted by molar-refractivity contribution is 5.94. The first-order chi connectivity index (χ1) is 14.5. The summed E-state index contributed by atoms with van der Waals surface area (Å²) in [6, 6.07) is 15.4. The lowest BCUT2D eigenvalue weighted by Gasteiger charge is -2.32. The Labute approximate surface area is 178 Å². The molecule has 1 fully saturated rings. The molecule has 2 atom stereocenters. The third-order valence-corrected chi connectivity index (χ3v) is 5.58. The molecule has 160 valence electrons. The van der Waals surface area contributed by atoms with Crippen LogP contribution in [0.2, 0.25) is 0 Å². The van der Waals surface area contributed by atoms with E-state index in [1.165, 1.54) is 0 Å². The molecule has 30 heavy (non-hydrogen) atoms. The van der Waals surface area contributed by atoms with Gasteiger partial charge in [0.05, 0.1) is 12.6 Å². The summed E-state index contributed by atoms with van der Waals surface area (Å²) in [5.41, 5.74) is 2.77. The number of amides is 3. The molecular weight excluding hydrogens is 378 g/mol. The second-order valence-electron chi connectivity index (χ2n) is 7.66. The number of carbonyl (C=O) groups excluding carboxylic acids is 2. The topological polar surface area (TPSA) is 70.7 Å². The average molecular weight is 410 g/mol. The van der Waals surface area contributed by atoms with Crippen molar-refractivity contribution in [2.45, 2.75) is 38.6 Å². The zero-order valence-electron chi connectivity index (χ0n) is 18.0. The van der Waals surface area contributed by atoms with Crippen LogP contribution in [0.5, 0.6) is 5.75 Å². The van der Waals surface area contributed by atoms with Gasteiger partial charge in [-0.15, -0.1) is 0 Å². The standard InChI is InChI=1S/C24H31N3O3/c1-4-30-22-12-10-18(11-13-22)17(2)26-23(28)20-8-5-7-19(15-20)21-9-6-14-27(16-21)24(29)25-3/h5,7-8,10-13,15,17,21H,4,6,9,14,16H2,1-3H3,(H,25,29)(H,26,28)/t17-,21+/m0/s1. The van der Waals surface area contributed by atoms with Crippen LogP contribution in [0.1, 0.15) is 60.1 Å². The fraction of sp³-hybridized carbons (Fsp3) is 0.417. The first-order valence-corrected chi connectivity index (χ1v) is 10.6. The average Bonchev–Trinajstić information content (AvgIpc) is 2.79. The summed E-state index contributed by atoms with van der Waals surface area (Å²) in [4.78, 5) is 26.7. The Bertz CT molecular complexity index is 866. The van der Waals surface area contributed by atoms with Crippen LogP contribution >= 0.6 is 0 Å². The zero-order chi connectivity index (χ0) is 21.5. The molecule has 0 aromatic heterocycles. The van der Waals surface area contributed by atoms with Crippen molar-refractivity contribution in [3.63, 3.8) is 0 Å². The minimum atomic E-state index is -0.116. The molecule has 2 N–H and O–H groups in total. The maximum absolute atomic E-state index is 12.8. The van der Waals surface area contributed by atoms with Crippen molar-refractivity contribution in [3.05, 3.63) is 65.2 Å². The summed E-state index contributed by atoms with van der Waals surface area (Å²) < 4.78 is 5.48. The zero-order valence-corrected chi connectivity index (χ0v) is 18.0. The van der Waals surface area contributed by atoms with E-state index in [1.807, 2.05) is 67.3 Å². The minimum Gasteiger partial charge on any atom is -0.494 e. The van der Waals surface area contributed by atoms with Gasteiger partial charge in [-0.05, 0) is 62.1 Å². The van der Waals surface area contributed by atoms with Gasteiger partial charge < -0.3 is 20.3 Å². The van der Waals surface area contributed by atoms with E-state index in [9.17, 15) is 9.59 Å². The van der Waals surface area contributed by atoms with Crippen LogP contribution in [-0.2, 0) is 0 Å². The number of urea groups is 1. The van der Waals surface area contributed by atoms with Crippen molar-refractivity contribution >= 4 is 11.9 Å². The lowest BCUT2D eigenvalue weighted by Crippen LogP contribution is -2.43. The van der Waals surface area contributed by atoms with Gasteiger partial charge in [-0.1, -0.05) is 24.3 Å². The number of ether oxygens (including phenoxy) is 1. The number of hydrogen-bond acceptors (Lipinski definition) is 3. The molecular formula is C24H31N3O3. The number of piperidine rings is 1. The lowest BCUT2D eigenvalue weighted by molar-refractivity contribution is 0.0939. The van der Waals surface area contributed by atoms with Gasteiger partial charge in [0.2, 0.25) is 0 Å². The van der Waals surface area contributed by atoms with Gasteiger partial charge in [-0.25, -0.2) is 4.79 Å². The highest BCUT2D eigenvalue weighted by atomic mass is 16.5. The molecule has 6 heteroatoms. The van der Waals surface area contributed by atoms with Gasteiger partial charge >= 0.3 is 6.03 Å². The molecule has 6 nitrogen and oxygen atoms in total. The van der Waals surface area contributed by atoms with E-state index in [0.29, 0.717) is 18.7 Å². The summed E-state index contributed by atoms with van der Waals surface area (Å²) >= 11 is 0. The summed E-state index contributed by atoms with van der Waals surface area (Å²) in [6.07, 6.45) is 1.98. The highest BCUT2D eigenvalue weighted by Gasteiger charge is 2.24. The first kappa shape index (κ1) is 21.7. The maximum atomic E-state index is 12.8. The molecule has 0 saturated carbocycles. The predicted molar refractivity (Wildman–Crippen MR) is 118 cm³/mol. The fourth-order valence-corrected chi connectivity index (χ4v) is 3.91. The maximum Gasteiger partial charge on any atom is 0.317 e. The van der Waals surface area contributed by atoms with Crippen LogP contribution in [0, 0.1) is 0 Å². The third-order valence-electron chi connectivity index (χ3n) is 5.58.